The number of rotatable bonds is 9. The van der Waals surface area contributed by atoms with Crippen LogP contribution in [0.4, 0.5) is 8.78 Å². The molecule has 198 valence electrons. The lowest BCUT2D eigenvalue weighted by atomic mass is 9.99. The molecule has 8 nitrogen and oxygen atoms in total. The van der Waals surface area contributed by atoms with Gasteiger partial charge in [0.15, 0.2) is 17.3 Å². The van der Waals surface area contributed by atoms with Gasteiger partial charge in [-0.25, -0.2) is 8.78 Å². The van der Waals surface area contributed by atoms with E-state index in [2.05, 4.69) is 5.32 Å². The van der Waals surface area contributed by atoms with Gasteiger partial charge in [-0.2, -0.15) is 0 Å². The van der Waals surface area contributed by atoms with Gasteiger partial charge in [0.1, 0.15) is 36.6 Å². The average Bonchev–Trinajstić information content (AvgIpc) is 2.90. The third kappa shape index (κ3) is 5.76. The molecule has 10 heteroatoms. The van der Waals surface area contributed by atoms with Crippen LogP contribution in [-0.2, 0) is 4.79 Å². The number of fused-ring (bicyclic) bond motifs is 1. The van der Waals surface area contributed by atoms with Crippen molar-refractivity contribution in [1.29, 1.82) is 0 Å². The van der Waals surface area contributed by atoms with Gasteiger partial charge >= 0.3 is 0 Å². The Hall–Kier alpha value is -4.02. The number of halogens is 2. The minimum atomic E-state index is -1.31. The number of ether oxygens (including phenoxy) is 3. The highest BCUT2D eigenvalue weighted by Gasteiger charge is 2.31. The summed E-state index contributed by atoms with van der Waals surface area (Å²) in [7, 11) is 0. The van der Waals surface area contributed by atoms with Crippen LogP contribution in [0.1, 0.15) is 28.4 Å². The van der Waals surface area contributed by atoms with Crippen LogP contribution in [0, 0.1) is 11.6 Å². The predicted molar refractivity (Wildman–Crippen MR) is 133 cm³/mol. The molecule has 3 aromatic carbocycles. The number of nitrogens with zero attached hydrogens (tertiary/aromatic N) is 1. The molecule has 0 unspecified atom stereocenters. The third-order valence-corrected chi connectivity index (χ3v) is 6.41. The number of likely N-dealkylation sites (tertiary alicyclic amines) is 1. The number of aliphatic hydroxyl groups is 1. The Morgan fingerprint density at radius 2 is 1.76 bits per heavy atom. The Kier molecular flexibility index (Phi) is 7.52. The van der Waals surface area contributed by atoms with Crippen molar-refractivity contribution in [3.63, 3.8) is 0 Å². The van der Waals surface area contributed by atoms with E-state index in [4.69, 9.17) is 14.2 Å². The van der Waals surface area contributed by atoms with Gasteiger partial charge < -0.3 is 29.5 Å². The summed E-state index contributed by atoms with van der Waals surface area (Å²) in [5.74, 6) is -2.03. The maximum absolute atomic E-state index is 14.6. The summed E-state index contributed by atoms with van der Waals surface area (Å²) >= 11 is 0. The Bertz CT molecular complexity index is 1330. The second-order valence-electron chi connectivity index (χ2n) is 9.12. The summed E-state index contributed by atoms with van der Waals surface area (Å²) in [4.78, 5) is 28.0. The number of aliphatic hydroxyl groups excluding tert-OH is 1. The number of amides is 1. The monoisotopic (exact) mass is 524 g/mol. The highest BCUT2D eigenvalue weighted by molar-refractivity contribution is 6.42. The highest BCUT2D eigenvalue weighted by atomic mass is 19.1. The Labute approximate surface area is 217 Å². The molecule has 0 bridgehead atoms. The number of nitrogens with one attached hydrogen (secondary N) is 1. The van der Waals surface area contributed by atoms with Crippen LogP contribution in [0.3, 0.4) is 0 Å². The van der Waals surface area contributed by atoms with Crippen molar-refractivity contribution < 1.29 is 37.7 Å². The van der Waals surface area contributed by atoms with Crippen LogP contribution in [0.15, 0.2) is 60.7 Å². The number of Topliss-reactive ketones (excluding diaryl/α,β-unsaturated/α-hetero) is 1. The van der Waals surface area contributed by atoms with E-state index in [1.807, 2.05) is 4.90 Å². The van der Waals surface area contributed by atoms with Gasteiger partial charge in [0.25, 0.3) is 5.91 Å². The first-order valence-corrected chi connectivity index (χ1v) is 12.3. The number of benzene rings is 3. The molecule has 1 amide bonds. The molecule has 0 aliphatic carbocycles. The van der Waals surface area contributed by atoms with E-state index in [9.17, 15) is 23.5 Å². The van der Waals surface area contributed by atoms with E-state index in [1.54, 1.807) is 12.1 Å². The first-order chi connectivity index (χ1) is 18.4. The predicted octanol–water partition coefficient (Wildman–Crippen LogP) is 3.64. The van der Waals surface area contributed by atoms with Crippen molar-refractivity contribution in [3.8, 4) is 23.0 Å². The van der Waals surface area contributed by atoms with Gasteiger partial charge in [-0.05, 0) is 73.6 Å². The van der Waals surface area contributed by atoms with Crippen molar-refractivity contribution in [2.24, 2.45) is 0 Å². The number of hydrogen-bond donors (Lipinski definition) is 2. The molecular weight excluding hydrogens is 498 g/mol. The lowest BCUT2D eigenvalue weighted by Gasteiger charge is -2.36. The minimum Gasteiger partial charge on any atom is -0.486 e. The SMILES string of the molecule is O=C(N[C@H](CN1CCC1)[C@@H](O)c1cc(F)c2c(c1)OCCO2)C(=O)c1cccc(Oc2ccc(F)cc2)c1. The van der Waals surface area contributed by atoms with Crippen molar-refractivity contribution in [1.82, 2.24) is 10.2 Å². The highest BCUT2D eigenvalue weighted by Crippen LogP contribution is 2.36. The summed E-state index contributed by atoms with van der Waals surface area (Å²) in [6.45, 7) is 2.30. The van der Waals surface area contributed by atoms with Crippen LogP contribution >= 0.6 is 0 Å². The summed E-state index contributed by atoms with van der Waals surface area (Å²) < 4.78 is 44.2. The van der Waals surface area contributed by atoms with Gasteiger partial charge in [-0.15, -0.1) is 0 Å². The molecule has 2 N–H and O–H groups in total. The second-order valence-corrected chi connectivity index (χ2v) is 9.12. The number of ketones is 1. The smallest absolute Gasteiger partial charge is 0.292 e. The van der Waals surface area contributed by atoms with Gasteiger partial charge in [-0.3, -0.25) is 9.59 Å². The lowest BCUT2D eigenvalue weighted by molar-refractivity contribution is -0.118. The average molecular weight is 525 g/mol. The zero-order chi connectivity index (χ0) is 26.6. The topological polar surface area (TPSA) is 97.3 Å². The zero-order valence-electron chi connectivity index (χ0n) is 20.4. The number of carbonyl (C=O) groups is 2. The Morgan fingerprint density at radius 1 is 1.00 bits per heavy atom. The van der Waals surface area contributed by atoms with Crippen LogP contribution in [0.5, 0.6) is 23.0 Å². The van der Waals surface area contributed by atoms with Gasteiger partial charge in [0.05, 0.1) is 6.04 Å². The van der Waals surface area contributed by atoms with E-state index >= 15 is 0 Å². The van der Waals surface area contributed by atoms with E-state index in [0.717, 1.165) is 25.6 Å². The van der Waals surface area contributed by atoms with Crippen LogP contribution in [0.25, 0.3) is 0 Å². The molecule has 2 aliphatic heterocycles. The maximum Gasteiger partial charge on any atom is 0.292 e. The summed E-state index contributed by atoms with van der Waals surface area (Å²) in [5.41, 5.74) is 0.268. The van der Waals surface area contributed by atoms with Crippen molar-refractivity contribution >= 4 is 11.7 Å². The molecule has 3 aromatic rings. The zero-order valence-corrected chi connectivity index (χ0v) is 20.4. The lowest BCUT2D eigenvalue weighted by Crippen LogP contribution is -2.52. The van der Waals surface area contributed by atoms with Crippen molar-refractivity contribution in [2.75, 3.05) is 32.8 Å². The quantitative estimate of drug-likeness (QED) is 0.326. The number of carbonyl (C=O) groups excluding carboxylic acids is 2. The molecule has 2 atom stereocenters. The third-order valence-electron chi connectivity index (χ3n) is 6.41. The van der Waals surface area contributed by atoms with Crippen LogP contribution in [-0.4, -0.2) is 60.6 Å². The second kappa shape index (κ2) is 11.2. The molecular formula is C28H26F2N2O6. The van der Waals surface area contributed by atoms with E-state index in [0.29, 0.717) is 11.5 Å². The largest absolute Gasteiger partial charge is 0.486 e. The fourth-order valence-electron chi connectivity index (χ4n) is 4.31. The minimum absolute atomic E-state index is 0.0200. The summed E-state index contributed by atoms with van der Waals surface area (Å²) in [6.07, 6.45) is -0.333. The standard InChI is InChI=1S/C28H26F2N2O6/c29-19-5-7-20(8-6-19)38-21-4-1-3-17(13-21)26(34)28(35)31-23(16-32-9-2-10-32)25(33)18-14-22(30)27-24(15-18)36-11-12-37-27/h1,3-8,13-15,23,25,33H,2,9-12,16H2,(H,31,35)/t23-,25+/m1/s1. The molecule has 0 spiro atoms. The van der Waals surface area contributed by atoms with Crippen molar-refractivity contribution in [3.05, 3.63) is 83.4 Å². The molecule has 0 radical (unpaired) electrons. The van der Waals surface area contributed by atoms with Crippen LogP contribution in [0.2, 0.25) is 0 Å². The van der Waals surface area contributed by atoms with Gasteiger partial charge in [0, 0.05) is 12.1 Å². The molecule has 38 heavy (non-hydrogen) atoms. The first-order valence-electron chi connectivity index (χ1n) is 12.3. The molecule has 2 aliphatic rings. The number of hydrogen-bond acceptors (Lipinski definition) is 7. The molecule has 2 heterocycles. The maximum atomic E-state index is 14.6. The van der Waals surface area contributed by atoms with Gasteiger partial charge in [0.2, 0.25) is 5.78 Å². The van der Waals surface area contributed by atoms with E-state index in [-0.39, 0.29) is 42.4 Å². The summed E-state index contributed by atoms with van der Waals surface area (Å²) in [6, 6.07) is 13.1. The molecule has 0 saturated carbocycles. The normalized spacial score (nSPS) is 16.2. The van der Waals surface area contributed by atoms with Crippen LogP contribution < -0.4 is 19.5 Å². The van der Waals surface area contributed by atoms with Crippen molar-refractivity contribution in [2.45, 2.75) is 18.6 Å². The summed E-state index contributed by atoms with van der Waals surface area (Å²) in [5, 5.41) is 13.8. The molecule has 5 rings (SSSR count). The molecule has 1 fully saturated rings. The first kappa shape index (κ1) is 25.6. The van der Waals surface area contributed by atoms with Gasteiger partial charge in [-0.1, -0.05) is 12.1 Å². The molecule has 1 saturated heterocycles. The Balaban J connectivity index is 1.32. The fraction of sp³-hybridized carbons (Fsp3) is 0.286. The van der Waals surface area contributed by atoms with E-state index < -0.39 is 35.5 Å². The molecule has 0 aromatic heterocycles. The van der Waals surface area contributed by atoms with E-state index in [1.165, 1.54) is 42.5 Å². The Morgan fingerprint density at radius 3 is 2.50 bits per heavy atom. The fourth-order valence-corrected chi connectivity index (χ4v) is 4.31.